The molecule has 1 N–H and O–H groups in total. The highest BCUT2D eigenvalue weighted by molar-refractivity contribution is 5.76. The molecular weight excluding hydrogens is 128 g/mol. The maximum absolute atomic E-state index is 4.01. The zero-order valence-electron chi connectivity index (χ0n) is 5.28. The van der Waals surface area contributed by atoms with Crippen molar-refractivity contribution in [3.05, 3.63) is 17.8 Å². The minimum absolute atomic E-state index is 0.706. The van der Waals surface area contributed by atoms with Gasteiger partial charge in [0.15, 0.2) is 5.82 Å². The van der Waals surface area contributed by atoms with E-state index in [4.69, 9.17) is 0 Å². The molecule has 1 aromatic heterocycles. The molecule has 1 aliphatic rings. The summed E-state index contributed by atoms with van der Waals surface area (Å²) in [6.07, 6.45) is 3.30. The molecule has 0 fully saturated rings. The fraction of sp³-hybridized carbons (Fsp3) is 0.167. The van der Waals surface area contributed by atoms with E-state index in [0.29, 0.717) is 6.54 Å². The van der Waals surface area contributed by atoms with Crippen molar-refractivity contribution in [3.8, 4) is 0 Å². The summed E-state index contributed by atoms with van der Waals surface area (Å²) in [6.45, 7) is 0.706. The molecule has 0 saturated carbocycles. The van der Waals surface area contributed by atoms with Crippen LogP contribution in [-0.4, -0.2) is 16.5 Å². The van der Waals surface area contributed by atoms with E-state index < -0.39 is 0 Å². The minimum atomic E-state index is 0.706. The number of aromatic nitrogens is 2. The maximum Gasteiger partial charge on any atom is 0.158 e. The summed E-state index contributed by atoms with van der Waals surface area (Å²) < 4.78 is 0. The van der Waals surface area contributed by atoms with Gasteiger partial charge in [-0.05, 0) is 6.07 Å². The number of fused-ring (bicyclic) bond motifs is 1. The van der Waals surface area contributed by atoms with E-state index in [0.717, 1.165) is 11.4 Å². The van der Waals surface area contributed by atoms with Crippen molar-refractivity contribution < 1.29 is 0 Å². The lowest BCUT2D eigenvalue weighted by Crippen LogP contribution is -2.07. The first kappa shape index (κ1) is 5.34. The smallest absolute Gasteiger partial charge is 0.158 e. The Morgan fingerprint density at radius 2 is 2.50 bits per heavy atom. The first-order chi connectivity index (χ1) is 4.97. The number of hydrogen-bond acceptors (Lipinski definition) is 4. The molecular formula is C6H6N4. The van der Waals surface area contributed by atoms with Crippen molar-refractivity contribution in [1.29, 1.82) is 0 Å². The Bertz CT molecular complexity index is 241. The molecule has 2 heterocycles. The number of hydrogen-bond donors (Lipinski definition) is 1. The highest BCUT2D eigenvalue weighted by atomic mass is 15.2. The van der Waals surface area contributed by atoms with Crippen LogP contribution in [0.15, 0.2) is 17.3 Å². The van der Waals surface area contributed by atoms with Gasteiger partial charge in [-0.2, -0.15) is 5.10 Å². The summed E-state index contributed by atoms with van der Waals surface area (Å²) in [7, 11) is 0. The van der Waals surface area contributed by atoms with E-state index in [1.165, 1.54) is 0 Å². The molecule has 1 aliphatic heterocycles. The zero-order chi connectivity index (χ0) is 6.81. The third kappa shape index (κ3) is 0.737. The Balaban J connectivity index is 2.47. The summed E-state index contributed by atoms with van der Waals surface area (Å²) >= 11 is 0. The molecule has 0 amide bonds. The normalized spacial score (nSPS) is 14.0. The van der Waals surface area contributed by atoms with Crippen LogP contribution in [0.5, 0.6) is 0 Å². The van der Waals surface area contributed by atoms with Crippen molar-refractivity contribution in [1.82, 2.24) is 10.2 Å². The summed E-state index contributed by atoms with van der Waals surface area (Å²) in [5.41, 5.74) is 1.09. The number of nitrogens with one attached hydrogen (secondary N) is 1. The highest BCUT2D eigenvalue weighted by Crippen LogP contribution is 2.12. The second-order valence-electron chi connectivity index (χ2n) is 2.02. The van der Waals surface area contributed by atoms with Gasteiger partial charge in [-0.1, -0.05) is 0 Å². The van der Waals surface area contributed by atoms with Crippen LogP contribution in [0.4, 0.5) is 5.82 Å². The largest absolute Gasteiger partial charge is 0.330 e. The van der Waals surface area contributed by atoms with Gasteiger partial charge in [0.1, 0.15) is 0 Å². The quantitative estimate of drug-likeness (QED) is 0.559. The molecule has 0 radical (unpaired) electrons. The zero-order valence-corrected chi connectivity index (χ0v) is 5.28. The van der Waals surface area contributed by atoms with Crippen molar-refractivity contribution in [3.63, 3.8) is 0 Å². The highest BCUT2D eigenvalue weighted by Gasteiger charge is 2.03. The predicted molar refractivity (Wildman–Crippen MR) is 37.9 cm³/mol. The minimum Gasteiger partial charge on any atom is -0.330 e. The van der Waals surface area contributed by atoms with Crippen molar-refractivity contribution in [2.75, 3.05) is 5.32 Å². The fourth-order valence-electron chi connectivity index (χ4n) is 0.857. The van der Waals surface area contributed by atoms with Gasteiger partial charge in [-0.25, -0.2) is 0 Å². The molecule has 2 rings (SSSR count). The Kier molecular flexibility index (Phi) is 1.10. The summed E-state index contributed by atoms with van der Waals surface area (Å²) in [5.74, 6) is 0.817. The fourth-order valence-corrected chi connectivity index (χ4v) is 0.857. The van der Waals surface area contributed by atoms with Crippen molar-refractivity contribution >= 4 is 12.2 Å². The first-order valence-electron chi connectivity index (χ1n) is 3.02. The van der Waals surface area contributed by atoms with Crippen LogP contribution in [0, 0.1) is 0 Å². The van der Waals surface area contributed by atoms with Crippen molar-refractivity contribution in [2.45, 2.75) is 6.54 Å². The number of nitrogens with zero attached hydrogens (tertiary/aromatic N) is 3. The van der Waals surface area contributed by atoms with Crippen LogP contribution in [0.1, 0.15) is 5.56 Å². The lowest BCUT2D eigenvalue weighted by molar-refractivity contribution is 0.963. The van der Waals surface area contributed by atoms with Crippen molar-refractivity contribution in [2.24, 2.45) is 4.99 Å². The lowest BCUT2D eigenvalue weighted by atomic mass is 10.3. The Morgan fingerprint density at radius 3 is 3.40 bits per heavy atom. The van der Waals surface area contributed by atoms with E-state index in [9.17, 15) is 0 Å². The number of rotatable bonds is 0. The summed E-state index contributed by atoms with van der Waals surface area (Å²) in [6, 6.07) is 1.91. The molecule has 0 bridgehead atoms. The molecule has 0 aliphatic carbocycles. The lowest BCUT2D eigenvalue weighted by Gasteiger charge is -2.07. The average molecular weight is 134 g/mol. The monoisotopic (exact) mass is 134 g/mol. The molecule has 4 nitrogen and oxygen atoms in total. The van der Waals surface area contributed by atoms with Crippen LogP contribution in [0.3, 0.4) is 0 Å². The summed E-state index contributed by atoms with van der Waals surface area (Å²) in [5, 5.41) is 10.5. The standard InChI is InChI=1S/C6H6N4/c1-2-9-10-6-5(1)3-7-4-8-6/h1-2,4H,3H2,(H,7,8,10). The van der Waals surface area contributed by atoms with E-state index in [1.807, 2.05) is 6.07 Å². The molecule has 0 saturated heterocycles. The molecule has 0 spiro atoms. The third-order valence-corrected chi connectivity index (χ3v) is 1.36. The van der Waals surface area contributed by atoms with Crippen LogP contribution in [-0.2, 0) is 6.54 Å². The molecule has 4 heteroatoms. The van der Waals surface area contributed by atoms with Gasteiger partial charge in [0.2, 0.25) is 0 Å². The molecule has 0 atom stereocenters. The average Bonchev–Trinajstić information content (AvgIpc) is 2.05. The van der Waals surface area contributed by atoms with Crippen LogP contribution >= 0.6 is 0 Å². The molecule has 0 aromatic carbocycles. The maximum atomic E-state index is 4.01. The molecule has 1 aromatic rings. The Labute approximate surface area is 58.0 Å². The van der Waals surface area contributed by atoms with E-state index in [-0.39, 0.29) is 0 Å². The van der Waals surface area contributed by atoms with E-state index in [2.05, 4.69) is 20.5 Å². The van der Waals surface area contributed by atoms with Crippen LogP contribution in [0.2, 0.25) is 0 Å². The van der Waals surface area contributed by atoms with Gasteiger partial charge >= 0.3 is 0 Å². The second kappa shape index (κ2) is 2.06. The van der Waals surface area contributed by atoms with Gasteiger partial charge in [0, 0.05) is 5.56 Å². The second-order valence-corrected chi connectivity index (χ2v) is 2.02. The molecule has 10 heavy (non-hydrogen) atoms. The predicted octanol–water partition coefficient (Wildman–Crippen LogP) is 0.430. The third-order valence-electron chi connectivity index (χ3n) is 1.36. The van der Waals surface area contributed by atoms with E-state index in [1.54, 1.807) is 12.5 Å². The van der Waals surface area contributed by atoms with Gasteiger partial charge in [0.25, 0.3) is 0 Å². The Morgan fingerprint density at radius 1 is 1.50 bits per heavy atom. The molecule has 0 unspecified atom stereocenters. The van der Waals surface area contributed by atoms with Crippen LogP contribution < -0.4 is 5.32 Å². The topological polar surface area (TPSA) is 50.2 Å². The first-order valence-corrected chi connectivity index (χ1v) is 3.02. The van der Waals surface area contributed by atoms with Crippen LogP contribution in [0.25, 0.3) is 0 Å². The summed E-state index contributed by atoms with van der Waals surface area (Å²) in [4.78, 5) is 4.01. The van der Waals surface area contributed by atoms with E-state index >= 15 is 0 Å². The Hall–Kier alpha value is -1.45. The molecule has 50 valence electrons. The van der Waals surface area contributed by atoms with Gasteiger partial charge in [0.05, 0.1) is 19.1 Å². The van der Waals surface area contributed by atoms with Gasteiger partial charge < -0.3 is 5.32 Å². The SMILES string of the molecule is C1=NCc2ccnnc2N1. The van der Waals surface area contributed by atoms with Gasteiger partial charge in [-0.3, -0.25) is 4.99 Å². The number of aliphatic imine (C=N–C) groups is 1. The number of anilines is 1. The van der Waals surface area contributed by atoms with Gasteiger partial charge in [-0.15, -0.1) is 5.10 Å².